The van der Waals surface area contributed by atoms with E-state index in [2.05, 4.69) is 51.7 Å². The largest absolute Gasteiger partial charge is 0.341 e. The fourth-order valence-electron chi connectivity index (χ4n) is 1.53. The summed E-state index contributed by atoms with van der Waals surface area (Å²) in [4.78, 5) is 12.0. The topological polar surface area (TPSA) is 41.6 Å². The first-order chi connectivity index (χ1) is 8.38. The summed E-state index contributed by atoms with van der Waals surface area (Å²) in [5, 5.41) is 0. The summed E-state index contributed by atoms with van der Waals surface area (Å²) in [5.41, 5.74) is 1.82. The summed E-state index contributed by atoms with van der Waals surface area (Å²) < 4.78 is 1.47. The minimum absolute atomic E-state index is 0.00743. The first-order valence-electron chi connectivity index (χ1n) is 5.60. The molecule has 2 aromatic heterocycles. The predicted molar refractivity (Wildman–Crippen MR) is 79.1 cm³/mol. The van der Waals surface area contributed by atoms with Crippen molar-refractivity contribution < 1.29 is 0 Å². The van der Waals surface area contributed by atoms with Crippen LogP contribution in [0.1, 0.15) is 26.5 Å². The molecular formula is C13H14BrN3S. The molecule has 0 spiro atoms. The monoisotopic (exact) mass is 323 g/mol. The minimum atomic E-state index is -0.00743. The summed E-state index contributed by atoms with van der Waals surface area (Å²) in [6, 6.07) is 5.70. The van der Waals surface area contributed by atoms with E-state index in [0.717, 1.165) is 15.9 Å². The van der Waals surface area contributed by atoms with Gasteiger partial charge in [0.2, 0.25) is 0 Å². The van der Waals surface area contributed by atoms with Crippen LogP contribution >= 0.6 is 28.1 Å². The molecule has 0 atom stereocenters. The van der Waals surface area contributed by atoms with Crippen LogP contribution < -0.4 is 0 Å². The highest BCUT2D eigenvalue weighted by molar-refractivity contribution is 9.10. The molecule has 0 saturated heterocycles. The molecule has 2 heterocycles. The summed E-state index contributed by atoms with van der Waals surface area (Å²) in [7, 11) is 0. The zero-order valence-corrected chi connectivity index (χ0v) is 12.9. The lowest BCUT2D eigenvalue weighted by Crippen LogP contribution is -2.14. The zero-order valence-electron chi connectivity index (χ0n) is 10.5. The van der Waals surface area contributed by atoms with Gasteiger partial charge in [-0.2, -0.15) is 0 Å². The Balaban J connectivity index is 2.63. The molecule has 0 radical (unpaired) electrons. The van der Waals surface area contributed by atoms with Crippen LogP contribution in [0.5, 0.6) is 0 Å². The van der Waals surface area contributed by atoms with Gasteiger partial charge in [-0.25, -0.2) is 4.98 Å². The molecule has 0 aromatic carbocycles. The number of aromatic nitrogens is 3. The summed E-state index contributed by atoms with van der Waals surface area (Å²) in [6.07, 6.45) is 1.74. The first-order valence-corrected chi connectivity index (χ1v) is 6.81. The smallest absolute Gasteiger partial charge is 0.159 e. The van der Waals surface area contributed by atoms with E-state index >= 15 is 0 Å². The van der Waals surface area contributed by atoms with Gasteiger partial charge in [0.05, 0.1) is 0 Å². The van der Waals surface area contributed by atoms with E-state index < -0.39 is 0 Å². The van der Waals surface area contributed by atoms with Gasteiger partial charge in [0.25, 0.3) is 0 Å². The van der Waals surface area contributed by atoms with E-state index in [0.29, 0.717) is 10.5 Å². The van der Waals surface area contributed by atoms with E-state index in [1.165, 1.54) is 0 Å². The van der Waals surface area contributed by atoms with Crippen LogP contribution in [0.15, 0.2) is 28.9 Å². The van der Waals surface area contributed by atoms with Gasteiger partial charge in [0, 0.05) is 21.8 Å². The third-order valence-corrected chi connectivity index (χ3v) is 3.38. The van der Waals surface area contributed by atoms with Crippen molar-refractivity contribution in [2.75, 3.05) is 0 Å². The van der Waals surface area contributed by atoms with Crippen molar-refractivity contribution in [3.05, 3.63) is 39.2 Å². The van der Waals surface area contributed by atoms with Gasteiger partial charge >= 0.3 is 0 Å². The molecule has 18 heavy (non-hydrogen) atoms. The van der Waals surface area contributed by atoms with Crippen LogP contribution in [-0.4, -0.2) is 15.0 Å². The number of pyridine rings is 1. The molecule has 0 fully saturated rings. The van der Waals surface area contributed by atoms with Crippen LogP contribution in [0.2, 0.25) is 0 Å². The SMILES string of the molecule is CC(C)(C)c1cc(=S)nc(-c2ncccc2Br)[nH]1. The minimum Gasteiger partial charge on any atom is -0.341 e. The highest BCUT2D eigenvalue weighted by Crippen LogP contribution is 2.26. The van der Waals surface area contributed by atoms with Crippen molar-refractivity contribution in [1.82, 2.24) is 15.0 Å². The molecule has 0 bridgehead atoms. The Morgan fingerprint density at radius 1 is 1.33 bits per heavy atom. The molecule has 0 aliphatic carbocycles. The van der Waals surface area contributed by atoms with Crippen LogP contribution in [0.4, 0.5) is 0 Å². The van der Waals surface area contributed by atoms with Crippen molar-refractivity contribution in [2.45, 2.75) is 26.2 Å². The molecular weight excluding hydrogens is 310 g/mol. The number of H-pyrrole nitrogens is 1. The molecule has 2 rings (SSSR count). The van der Waals surface area contributed by atoms with Crippen molar-refractivity contribution in [3.63, 3.8) is 0 Å². The third-order valence-electron chi connectivity index (χ3n) is 2.53. The lowest BCUT2D eigenvalue weighted by atomic mass is 9.92. The summed E-state index contributed by atoms with van der Waals surface area (Å²) in [5.74, 6) is 0.694. The van der Waals surface area contributed by atoms with Crippen molar-refractivity contribution in [1.29, 1.82) is 0 Å². The maximum atomic E-state index is 5.22. The number of aromatic amines is 1. The average Bonchev–Trinajstić information content (AvgIpc) is 2.27. The number of rotatable bonds is 1. The maximum Gasteiger partial charge on any atom is 0.159 e. The molecule has 0 amide bonds. The number of hydrogen-bond donors (Lipinski definition) is 1. The van der Waals surface area contributed by atoms with E-state index in [9.17, 15) is 0 Å². The lowest BCUT2D eigenvalue weighted by Gasteiger charge is -2.19. The highest BCUT2D eigenvalue weighted by atomic mass is 79.9. The van der Waals surface area contributed by atoms with E-state index in [1.54, 1.807) is 6.20 Å². The molecule has 5 heteroatoms. The van der Waals surface area contributed by atoms with Crippen LogP contribution in [0.3, 0.4) is 0 Å². The quantitative estimate of drug-likeness (QED) is 0.797. The predicted octanol–water partition coefficient (Wildman–Crippen LogP) is 4.26. The normalized spacial score (nSPS) is 11.6. The standard InChI is InChI=1S/C13H14BrN3S/c1-13(2,3)9-7-10(18)17-12(16-9)11-8(14)5-4-6-15-11/h4-7H,1-3H3,(H,16,17,18). The van der Waals surface area contributed by atoms with Gasteiger partial charge in [-0.3, -0.25) is 4.98 Å². The molecule has 1 N–H and O–H groups in total. The summed E-state index contributed by atoms with van der Waals surface area (Å²) in [6.45, 7) is 6.39. The maximum absolute atomic E-state index is 5.22. The van der Waals surface area contributed by atoms with Crippen LogP contribution in [0.25, 0.3) is 11.5 Å². The Kier molecular flexibility index (Phi) is 3.64. The number of nitrogens with zero attached hydrogens (tertiary/aromatic N) is 2. The van der Waals surface area contributed by atoms with E-state index in [1.807, 2.05) is 18.2 Å². The molecule has 0 saturated carbocycles. The van der Waals surface area contributed by atoms with Crippen molar-refractivity contribution in [3.8, 4) is 11.5 Å². The Morgan fingerprint density at radius 3 is 2.67 bits per heavy atom. The van der Waals surface area contributed by atoms with Crippen LogP contribution in [0, 0.1) is 4.64 Å². The Bertz CT molecular complexity index is 629. The second-order valence-electron chi connectivity index (χ2n) is 5.07. The third kappa shape index (κ3) is 2.84. The molecule has 0 aliphatic heterocycles. The number of halogens is 1. The van der Waals surface area contributed by atoms with Crippen molar-refractivity contribution in [2.24, 2.45) is 0 Å². The fourth-order valence-corrected chi connectivity index (χ4v) is 2.19. The highest BCUT2D eigenvalue weighted by Gasteiger charge is 2.16. The molecule has 0 aliphatic rings. The number of nitrogens with one attached hydrogen (secondary N) is 1. The van der Waals surface area contributed by atoms with Gasteiger partial charge in [-0.05, 0) is 34.1 Å². The zero-order chi connectivity index (χ0) is 13.3. The summed E-state index contributed by atoms with van der Waals surface area (Å²) >= 11 is 8.70. The number of hydrogen-bond acceptors (Lipinski definition) is 3. The van der Waals surface area contributed by atoms with Gasteiger partial charge in [-0.1, -0.05) is 33.0 Å². The van der Waals surface area contributed by atoms with E-state index in [-0.39, 0.29) is 5.41 Å². The molecule has 0 unspecified atom stereocenters. The Labute approximate surface area is 120 Å². The first kappa shape index (κ1) is 13.4. The van der Waals surface area contributed by atoms with Gasteiger partial charge in [-0.15, -0.1) is 0 Å². The molecule has 3 nitrogen and oxygen atoms in total. The van der Waals surface area contributed by atoms with Crippen molar-refractivity contribution >= 4 is 28.1 Å². The fraction of sp³-hybridized carbons (Fsp3) is 0.308. The molecule has 94 valence electrons. The average molecular weight is 324 g/mol. The molecule has 2 aromatic rings. The Morgan fingerprint density at radius 2 is 2.06 bits per heavy atom. The van der Waals surface area contributed by atoms with Gasteiger partial charge in [0.1, 0.15) is 10.3 Å². The van der Waals surface area contributed by atoms with Gasteiger partial charge < -0.3 is 4.98 Å². The second-order valence-corrected chi connectivity index (χ2v) is 6.34. The Hall–Kier alpha value is -1.07. The van der Waals surface area contributed by atoms with E-state index in [4.69, 9.17) is 12.2 Å². The van der Waals surface area contributed by atoms with Crippen LogP contribution in [-0.2, 0) is 5.41 Å². The lowest BCUT2D eigenvalue weighted by molar-refractivity contribution is 0.567. The van der Waals surface area contributed by atoms with Gasteiger partial charge in [0.15, 0.2) is 5.82 Å². The second kappa shape index (κ2) is 4.90.